The van der Waals surface area contributed by atoms with Crippen molar-refractivity contribution < 1.29 is 0 Å². The van der Waals surface area contributed by atoms with Gasteiger partial charge in [0.2, 0.25) is 0 Å². The zero-order valence-electron chi connectivity index (χ0n) is 6.33. The van der Waals surface area contributed by atoms with Gasteiger partial charge >= 0.3 is 0 Å². The Hall–Kier alpha value is -0.860. The van der Waals surface area contributed by atoms with E-state index in [4.69, 9.17) is 5.73 Å². The van der Waals surface area contributed by atoms with Crippen LogP contribution in [0.25, 0.3) is 0 Å². The molecule has 0 unspecified atom stereocenters. The summed E-state index contributed by atoms with van der Waals surface area (Å²) in [5.74, 6) is 0. The standard InChI is InChI=1S/C4H9N3.C2H6/c1-2-6-4-7-3-5;1-2/h3-4H,2H2,1H3,(H2,5,6,7);1-2H3. The third-order valence-corrected chi connectivity index (χ3v) is 0.417. The fraction of sp³-hybridized carbons (Fsp3) is 0.667. The largest absolute Gasteiger partial charge is 0.390 e. The predicted molar refractivity (Wildman–Crippen MR) is 43.1 cm³/mol. The predicted octanol–water partition coefficient (Wildman–Crippen LogP) is 1.05. The highest BCUT2D eigenvalue weighted by Crippen LogP contribution is 1.60. The van der Waals surface area contributed by atoms with Crippen LogP contribution in [0, 0.1) is 0 Å². The molecule has 0 atom stereocenters. The lowest BCUT2D eigenvalue weighted by atomic mass is 10.8. The van der Waals surface area contributed by atoms with Crippen molar-refractivity contribution in [1.29, 1.82) is 0 Å². The van der Waals surface area contributed by atoms with E-state index in [2.05, 4.69) is 9.98 Å². The van der Waals surface area contributed by atoms with Crippen molar-refractivity contribution in [2.75, 3.05) is 6.54 Å². The molecule has 0 radical (unpaired) electrons. The second kappa shape index (κ2) is 15.7. The molecule has 9 heavy (non-hydrogen) atoms. The van der Waals surface area contributed by atoms with Gasteiger partial charge in [0, 0.05) is 6.54 Å². The van der Waals surface area contributed by atoms with Gasteiger partial charge in [0.1, 0.15) is 6.34 Å². The lowest BCUT2D eigenvalue weighted by Gasteiger charge is -1.72. The summed E-state index contributed by atoms with van der Waals surface area (Å²) in [6, 6.07) is 0. The second-order valence-electron chi connectivity index (χ2n) is 0.912. The number of nitrogens with two attached hydrogens (primary N) is 1. The van der Waals surface area contributed by atoms with Gasteiger partial charge in [0.25, 0.3) is 0 Å². The number of nitrogens with zero attached hydrogens (tertiary/aromatic N) is 2. The molecule has 0 aromatic carbocycles. The molecule has 0 aliphatic carbocycles. The minimum absolute atomic E-state index is 0.761. The summed E-state index contributed by atoms with van der Waals surface area (Å²) in [6.45, 7) is 6.69. The van der Waals surface area contributed by atoms with E-state index in [-0.39, 0.29) is 0 Å². The van der Waals surface area contributed by atoms with Crippen LogP contribution in [0.1, 0.15) is 20.8 Å². The fourth-order valence-corrected chi connectivity index (χ4v) is 0.167. The summed E-state index contributed by atoms with van der Waals surface area (Å²) < 4.78 is 0. The highest BCUT2D eigenvalue weighted by Gasteiger charge is 1.57. The van der Waals surface area contributed by atoms with Gasteiger partial charge < -0.3 is 5.73 Å². The lowest BCUT2D eigenvalue weighted by Crippen LogP contribution is -1.87. The minimum Gasteiger partial charge on any atom is -0.390 e. The zero-order valence-corrected chi connectivity index (χ0v) is 6.33. The van der Waals surface area contributed by atoms with E-state index in [1.54, 1.807) is 0 Å². The summed E-state index contributed by atoms with van der Waals surface area (Å²) in [7, 11) is 0. The summed E-state index contributed by atoms with van der Waals surface area (Å²) in [5, 5.41) is 0. The van der Waals surface area contributed by atoms with Crippen LogP contribution in [-0.2, 0) is 0 Å². The van der Waals surface area contributed by atoms with E-state index in [0.717, 1.165) is 6.54 Å². The molecule has 0 saturated carbocycles. The summed E-state index contributed by atoms with van der Waals surface area (Å²) >= 11 is 0. The molecule has 2 N–H and O–H groups in total. The molecule has 0 spiro atoms. The Morgan fingerprint density at radius 2 is 2.00 bits per heavy atom. The average molecular weight is 129 g/mol. The monoisotopic (exact) mass is 129 g/mol. The molecule has 0 aromatic rings. The molecule has 0 heterocycles. The van der Waals surface area contributed by atoms with E-state index in [0.29, 0.717) is 0 Å². The molecular formula is C6H15N3. The second-order valence-corrected chi connectivity index (χ2v) is 0.912. The van der Waals surface area contributed by atoms with Gasteiger partial charge in [-0.25, -0.2) is 4.99 Å². The quantitative estimate of drug-likeness (QED) is 0.439. The van der Waals surface area contributed by atoms with Crippen LogP contribution < -0.4 is 5.73 Å². The Labute approximate surface area is 56.7 Å². The van der Waals surface area contributed by atoms with Gasteiger partial charge in [0.05, 0.1) is 6.34 Å². The number of rotatable bonds is 2. The first kappa shape index (κ1) is 11.0. The van der Waals surface area contributed by atoms with Crippen molar-refractivity contribution in [3.8, 4) is 0 Å². The van der Waals surface area contributed by atoms with Crippen molar-refractivity contribution in [1.82, 2.24) is 0 Å². The zero-order chi connectivity index (χ0) is 7.54. The SMILES string of the molecule is CC.CCN=CN=CN. The minimum atomic E-state index is 0.761. The maximum atomic E-state index is 4.89. The number of hydrogen-bond donors (Lipinski definition) is 1. The van der Waals surface area contributed by atoms with Crippen LogP contribution in [0.4, 0.5) is 0 Å². The van der Waals surface area contributed by atoms with Crippen LogP contribution in [0.5, 0.6) is 0 Å². The van der Waals surface area contributed by atoms with Gasteiger partial charge in [-0.05, 0) is 6.92 Å². The molecule has 54 valence electrons. The van der Waals surface area contributed by atoms with Gasteiger partial charge in [0.15, 0.2) is 0 Å². The third kappa shape index (κ3) is 19.1. The van der Waals surface area contributed by atoms with Crippen molar-refractivity contribution in [2.24, 2.45) is 15.7 Å². The van der Waals surface area contributed by atoms with Crippen molar-refractivity contribution in [3.63, 3.8) is 0 Å². The van der Waals surface area contributed by atoms with E-state index in [1.165, 1.54) is 12.7 Å². The first-order chi connectivity index (χ1) is 4.41. The van der Waals surface area contributed by atoms with E-state index in [1.807, 2.05) is 20.8 Å². The molecule has 0 rings (SSSR count). The van der Waals surface area contributed by atoms with Gasteiger partial charge in [-0.15, -0.1) is 0 Å². The summed E-state index contributed by atoms with van der Waals surface area (Å²) in [6.07, 6.45) is 2.64. The molecule has 0 aromatic heterocycles. The first-order valence-electron chi connectivity index (χ1n) is 3.13. The number of aliphatic imine (C=N–C) groups is 2. The maximum Gasteiger partial charge on any atom is 0.111 e. The lowest BCUT2D eigenvalue weighted by molar-refractivity contribution is 1.14. The van der Waals surface area contributed by atoms with Gasteiger partial charge in [-0.2, -0.15) is 0 Å². The molecule has 0 bridgehead atoms. The van der Waals surface area contributed by atoms with Gasteiger partial charge in [-0.1, -0.05) is 13.8 Å². The molecule has 0 saturated heterocycles. The Bertz CT molecular complexity index is 76.4. The van der Waals surface area contributed by atoms with Gasteiger partial charge in [-0.3, -0.25) is 4.99 Å². The molecule has 0 aliphatic heterocycles. The Morgan fingerprint density at radius 3 is 2.33 bits per heavy atom. The Kier molecular flexibility index (Phi) is 19.2. The topological polar surface area (TPSA) is 50.7 Å². The van der Waals surface area contributed by atoms with Crippen molar-refractivity contribution in [2.45, 2.75) is 20.8 Å². The smallest absolute Gasteiger partial charge is 0.111 e. The van der Waals surface area contributed by atoms with Crippen molar-refractivity contribution in [3.05, 3.63) is 0 Å². The van der Waals surface area contributed by atoms with Crippen LogP contribution in [-0.4, -0.2) is 19.2 Å². The van der Waals surface area contributed by atoms with E-state index in [9.17, 15) is 0 Å². The number of hydrogen-bond acceptors (Lipinski definition) is 1. The van der Waals surface area contributed by atoms with Crippen LogP contribution in [0.3, 0.4) is 0 Å². The van der Waals surface area contributed by atoms with Crippen LogP contribution in [0.2, 0.25) is 0 Å². The fourth-order valence-electron chi connectivity index (χ4n) is 0.167. The van der Waals surface area contributed by atoms with Crippen molar-refractivity contribution >= 4 is 12.7 Å². The summed E-state index contributed by atoms with van der Waals surface area (Å²) in [4.78, 5) is 7.28. The normalized spacial score (nSPS) is 9.67. The molecule has 0 amide bonds. The van der Waals surface area contributed by atoms with Crippen LogP contribution in [0.15, 0.2) is 9.98 Å². The van der Waals surface area contributed by atoms with Crippen LogP contribution >= 0.6 is 0 Å². The molecule has 3 nitrogen and oxygen atoms in total. The maximum absolute atomic E-state index is 4.89. The molecule has 0 aliphatic rings. The molecule has 0 fully saturated rings. The first-order valence-corrected chi connectivity index (χ1v) is 3.13. The Morgan fingerprint density at radius 1 is 1.44 bits per heavy atom. The highest BCUT2D eigenvalue weighted by molar-refractivity contribution is 5.69. The third-order valence-electron chi connectivity index (χ3n) is 0.417. The highest BCUT2D eigenvalue weighted by atomic mass is 14.9. The molecule has 3 heteroatoms. The summed E-state index contributed by atoms with van der Waals surface area (Å²) in [5.41, 5.74) is 4.89. The van der Waals surface area contributed by atoms with E-state index < -0.39 is 0 Å². The Balaban J connectivity index is 0. The average Bonchev–Trinajstić information content (AvgIpc) is 1.94. The van der Waals surface area contributed by atoms with E-state index >= 15 is 0 Å². The molecular weight excluding hydrogens is 114 g/mol.